The van der Waals surface area contributed by atoms with Crippen molar-refractivity contribution in [1.82, 2.24) is 4.72 Å². The normalized spacial score (nSPS) is 13.2. The molecule has 6 heteroatoms. The van der Waals surface area contributed by atoms with Crippen molar-refractivity contribution in [2.45, 2.75) is 25.6 Å². The van der Waals surface area contributed by atoms with Gasteiger partial charge in [-0.15, -0.1) is 0 Å². The van der Waals surface area contributed by atoms with Crippen LogP contribution in [0, 0.1) is 17.2 Å². The van der Waals surface area contributed by atoms with Crippen molar-refractivity contribution >= 4 is 10.0 Å². The number of nitriles is 1. The van der Waals surface area contributed by atoms with Gasteiger partial charge in [0.15, 0.2) is 0 Å². The molecular formula is C13H18N2O3S. The van der Waals surface area contributed by atoms with Crippen LogP contribution in [0.25, 0.3) is 0 Å². The van der Waals surface area contributed by atoms with Crippen LogP contribution in [0.4, 0.5) is 0 Å². The lowest BCUT2D eigenvalue weighted by Gasteiger charge is -2.19. The van der Waals surface area contributed by atoms with Crippen molar-refractivity contribution in [3.63, 3.8) is 0 Å². The van der Waals surface area contributed by atoms with Gasteiger partial charge < -0.3 is 5.11 Å². The zero-order valence-electron chi connectivity index (χ0n) is 11.0. The summed E-state index contributed by atoms with van der Waals surface area (Å²) in [4.78, 5) is 0. The lowest BCUT2D eigenvalue weighted by atomic mass is 10.1. The predicted octanol–water partition coefficient (Wildman–Crippen LogP) is 0.995. The number of aliphatic hydroxyl groups excluding tert-OH is 1. The summed E-state index contributed by atoms with van der Waals surface area (Å²) in [6, 6.07) is 7.94. The number of nitrogens with one attached hydrogen (secondary N) is 1. The fraction of sp³-hybridized carbons (Fsp3) is 0.462. The fourth-order valence-corrected chi connectivity index (χ4v) is 3.12. The number of benzene rings is 1. The SMILES string of the molecule is CC(C)[C@@H](CO)NS(=O)(=O)Cc1cccc(C#N)c1. The first kappa shape index (κ1) is 15.6. The van der Waals surface area contributed by atoms with Crippen LogP contribution in [0.5, 0.6) is 0 Å². The first-order valence-electron chi connectivity index (χ1n) is 5.98. The van der Waals surface area contributed by atoms with Crippen LogP contribution in [0.3, 0.4) is 0 Å². The van der Waals surface area contributed by atoms with E-state index in [1.165, 1.54) is 0 Å². The van der Waals surface area contributed by atoms with Crippen LogP contribution in [0.2, 0.25) is 0 Å². The van der Waals surface area contributed by atoms with Crippen LogP contribution in [0.15, 0.2) is 24.3 Å². The Morgan fingerprint density at radius 1 is 1.42 bits per heavy atom. The van der Waals surface area contributed by atoms with Crippen LogP contribution in [-0.4, -0.2) is 26.2 Å². The minimum atomic E-state index is -3.54. The summed E-state index contributed by atoms with van der Waals surface area (Å²) in [6.45, 7) is 3.43. The number of aliphatic hydroxyl groups is 1. The zero-order chi connectivity index (χ0) is 14.5. The molecule has 0 aromatic heterocycles. The molecule has 0 fully saturated rings. The highest BCUT2D eigenvalue weighted by atomic mass is 32.2. The second kappa shape index (κ2) is 6.66. The monoisotopic (exact) mass is 282 g/mol. The maximum atomic E-state index is 12.0. The third kappa shape index (κ3) is 4.99. The summed E-state index contributed by atoms with van der Waals surface area (Å²) >= 11 is 0. The second-order valence-electron chi connectivity index (χ2n) is 4.72. The smallest absolute Gasteiger partial charge is 0.216 e. The molecule has 0 heterocycles. The third-order valence-corrected chi connectivity index (χ3v) is 4.12. The van der Waals surface area contributed by atoms with Gasteiger partial charge in [-0.25, -0.2) is 13.1 Å². The molecule has 5 nitrogen and oxygen atoms in total. The number of hydrogen-bond donors (Lipinski definition) is 2. The van der Waals surface area contributed by atoms with Crippen LogP contribution >= 0.6 is 0 Å². The van der Waals surface area contributed by atoms with Crippen molar-refractivity contribution < 1.29 is 13.5 Å². The molecule has 2 N–H and O–H groups in total. The molecule has 0 spiro atoms. The Morgan fingerprint density at radius 2 is 2.11 bits per heavy atom. The van der Waals surface area contributed by atoms with E-state index >= 15 is 0 Å². The highest BCUT2D eigenvalue weighted by molar-refractivity contribution is 7.88. The number of sulfonamides is 1. The molecule has 0 unspecified atom stereocenters. The predicted molar refractivity (Wildman–Crippen MR) is 72.6 cm³/mol. The van der Waals surface area contributed by atoms with Gasteiger partial charge in [-0.05, 0) is 23.6 Å². The molecule has 0 radical (unpaired) electrons. The van der Waals surface area contributed by atoms with Gasteiger partial charge in [0.2, 0.25) is 10.0 Å². The summed E-state index contributed by atoms with van der Waals surface area (Å²) < 4.78 is 26.4. The Balaban J connectivity index is 2.82. The Kier molecular flexibility index (Phi) is 5.48. The van der Waals surface area contributed by atoms with E-state index in [0.717, 1.165) is 0 Å². The molecule has 1 aromatic carbocycles. The summed E-state index contributed by atoms with van der Waals surface area (Å²) in [5.41, 5.74) is 0.974. The van der Waals surface area contributed by atoms with E-state index in [1.54, 1.807) is 24.3 Å². The van der Waals surface area contributed by atoms with E-state index in [9.17, 15) is 8.42 Å². The second-order valence-corrected chi connectivity index (χ2v) is 6.48. The van der Waals surface area contributed by atoms with Gasteiger partial charge in [0.05, 0.1) is 24.0 Å². The zero-order valence-corrected chi connectivity index (χ0v) is 11.8. The van der Waals surface area contributed by atoms with Crippen molar-refractivity contribution in [2.75, 3.05) is 6.61 Å². The molecule has 104 valence electrons. The van der Waals surface area contributed by atoms with Crippen molar-refractivity contribution in [1.29, 1.82) is 5.26 Å². The van der Waals surface area contributed by atoms with Gasteiger partial charge in [0, 0.05) is 6.04 Å². The topological polar surface area (TPSA) is 90.2 Å². The molecule has 0 aliphatic heterocycles. The van der Waals surface area contributed by atoms with E-state index in [2.05, 4.69) is 4.72 Å². The molecule has 0 aliphatic rings. The molecule has 1 atom stereocenters. The lowest BCUT2D eigenvalue weighted by Crippen LogP contribution is -2.41. The minimum Gasteiger partial charge on any atom is -0.395 e. The number of rotatable bonds is 6. The first-order valence-corrected chi connectivity index (χ1v) is 7.63. The number of hydrogen-bond acceptors (Lipinski definition) is 4. The minimum absolute atomic E-state index is 0.00483. The maximum Gasteiger partial charge on any atom is 0.216 e. The average molecular weight is 282 g/mol. The van der Waals surface area contributed by atoms with E-state index in [4.69, 9.17) is 10.4 Å². The maximum absolute atomic E-state index is 12.0. The Morgan fingerprint density at radius 3 is 2.63 bits per heavy atom. The Hall–Kier alpha value is -1.42. The summed E-state index contributed by atoms with van der Waals surface area (Å²) in [5, 5.41) is 17.9. The quantitative estimate of drug-likeness (QED) is 0.814. The highest BCUT2D eigenvalue weighted by Crippen LogP contribution is 2.10. The molecule has 1 rings (SSSR count). The van der Waals surface area contributed by atoms with E-state index in [1.807, 2.05) is 19.9 Å². The van der Waals surface area contributed by atoms with Crippen LogP contribution < -0.4 is 4.72 Å². The lowest BCUT2D eigenvalue weighted by molar-refractivity contribution is 0.227. The van der Waals surface area contributed by atoms with E-state index < -0.39 is 16.1 Å². The molecular weight excluding hydrogens is 264 g/mol. The standard InChI is InChI=1S/C13H18N2O3S/c1-10(2)13(8-16)15-19(17,18)9-12-5-3-4-11(6-12)7-14/h3-6,10,13,15-16H,8-9H2,1-2H3/t13-/m1/s1. The van der Waals surface area contributed by atoms with Gasteiger partial charge in [-0.2, -0.15) is 5.26 Å². The average Bonchev–Trinajstić information content (AvgIpc) is 2.35. The van der Waals surface area contributed by atoms with E-state index in [0.29, 0.717) is 11.1 Å². The summed E-state index contributed by atoms with van der Waals surface area (Å²) in [5.74, 6) is -0.198. The van der Waals surface area contributed by atoms with Crippen LogP contribution in [0.1, 0.15) is 25.0 Å². The van der Waals surface area contributed by atoms with E-state index in [-0.39, 0.29) is 18.3 Å². The Bertz CT molecular complexity index is 561. The molecule has 19 heavy (non-hydrogen) atoms. The largest absolute Gasteiger partial charge is 0.395 e. The first-order chi connectivity index (χ1) is 8.88. The third-order valence-electron chi connectivity index (χ3n) is 2.75. The molecule has 0 saturated heterocycles. The van der Waals surface area contributed by atoms with Gasteiger partial charge in [-0.3, -0.25) is 0 Å². The Labute approximate surface area is 113 Å². The van der Waals surface area contributed by atoms with Crippen molar-refractivity contribution in [3.05, 3.63) is 35.4 Å². The summed E-state index contributed by atoms with van der Waals surface area (Å²) in [6.07, 6.45) is 0. The van der Waals surface area contributed by atoms with Crippen LogP contribution in [-0.2, 0) is 15.8 Å². The number of nitrogens with zero attached hydrogens (tertiary/aromatic N) is 1. The molecule has 1 aromatic rings. The van der Waals surface area contributed by atoms with Gasteiger partial charge in [0.25, 0.3) is 0 Å². The summed E-state index contributed by atoms with van der Waals surface area (Å²) in [7, 11) is -3.54. The fourth-order valence-electron chi connectivity index (χ4n) is 1.61. The van der Waals surface area contributed by atoms with Gasteiger partial charge >= 0.3 is 0 Å². The molecule has 0 bridgehead atoms. The molecule has 0 aliphatic carbocycles. The van der Waals surface area contributed by atoms with Crippen molar-refractivity contribution in [3.8, 4) is 6.07 Å². The highest BCUT2D eigenvalue weighted by Gasteiger charge is 2.20. The van der Waals surface area contributed by atoms with Gasteiger partial charge in [0.1, 0.15) is 0 Å². The molecule has 0 amide bonds. The van der Waals surface area contributed by atoms with Gasteiger partial charge in [-0.1, -0.05) is 26.0 Å². The molecule has 0 saturated carbocycles. The van der Waals surface area contributed by atoms with Crippen molar-refractivity contribution in [2.24, 2.45) is 5.92 Å².